The van der Waals surface area contributed by atoms with Gasteiger partial charge in [0.15, 0.2) is 0 Å². The second-order valence-corrected chi connectivity index (χ2v) is 5.72. The van der Waals surface area contributed by atoms with Gasteiger partial charge in [-0.25, -0.2) is 4.39 Å². The zero-order chi connectivity index (χ0) is 16.1. The van der Waals surface area contributed by atoms with Crippen LogP contribution in [0.1, 0.15) is 24.5 Å². The van der Waals surface area contributed by atoms with Crippen molar-refractivity contribution in [1.82, 2.24) is 4.90 Å². The van der Waals surface area contributed by atoms with Crippen LogP contribution in [0.3, 0.4) is 0 Å². The van der Waals surface area contributed by atoms with Crippen LogP contribution in [0.15, 0.2) is 24.3 Å². The van der Waals surface area contributed by atoms with Crippen molar-refractivity contribution in [3.05, 3.63) is 35.6 Å². The van der Waals surface area contributed by atoms with Crippen LogP contribution in [0, 0.1) is 11.7 Å². The molecular formula is C16H24ClFN2O3. The SMILES string of the molecule is COCC(N)C(=O)N1CCC(C(O)c2ccc(F)cc2)CC1.Cl. The highest BCUT2D eigenvalue weighted by atomic mass is 35.5. The molecule has 5 nitrogen and oxygen atoms in total. The number of hydrogen-bond donors (Lipinski definition) is 2. The summed E-state index contributed by atoms with van der Waals surface area (Å²) in [6, 6.07) is 5.27. The van der Waals surface area contributed by atoms with Crippen molar-refractivity contribution in [2.45, 2.75) is 25.0 Å². The molecule has 3 N–H and O–H groups in total. The van der Waals surface area contributed by atoms with Crippen LogP contribution in [0.25, 0.3) is 0 Å². The first-order valence-corrected chi connectivity index (χ1v) is 7.49. The van der Waals surface area contributed by atoms with Gasteiger partial charge in [0.2, 0.25) is 5.91 Å². The van der Waals surface area contributed by atoms with Crippen LogP contribution >= 0.6 is 12.4 Å². The van der Waals surface area contributed by atoms with Crippen molar-refractivity contribution >= 4 is 18.3 Å². The lowest BCUT2D eigenvalue weighted by Crippen LogP contribution is -2.49. The normalized spacial score (nSPS) is 18.2. The lowest BCUT2D eigenvalue weighted by molar-refractivity contribution is -0.135. The highest BCUT2D eigenvalue weighted by molar-refractivity contribution is 5.85. The number of nitrogens with two attached hydrogens (primary N) is 1. The summed E-state index contributed by atoms with van der Waals surface area (Å²) in [7, 11) is 1.51. The van der Waals surface area contributed by atoms with E-state index in [9.17, 15) is 14.3 Å². The number of piperidine rings is 1. The van der Waals surface area contributed by atoms with Crippen molar-refractivity contribution in [1.29, 1.82) is 0 Å². The van der Waals surface area contributed by atoms with E-state index in [1.807, 2.05) is 0 Å². The minimum Gasteiger partial charge on any atom is -0.388 e. The molecule has 130 valence electrons. The predicted molar refractivity (Wildman–Crippen MR) is 87.8 cm³/mol. The number of benzene rings is 1. The maximum Gasteiger partial charge on any atom is 0.241 e. The van der Waals surface area contributed by atoms with E-state index in [2.05, 4.69) is 0 Å². The first kappa shape index (κ1) is 19.8. The van der Waals surface area contributed by atoms with Gasteiger partial charge in [0.05, 0.1) is 12.7 Å². The number of halogens is 2. The molecule has 2 unspecified atom stereocenters. The Balaban J connectivity index is 0.00000264. The van der Waals surface area contributed by atoms with Crippen LogP contribution < -0.4 is 5.73 Å². The average molecular weight is 347 g/mol. The van der Waals surface area contributed by atoms with Crippen LogP contribution in [0.4, 0.5) is 4.39 Å². The van der Waals surface area contributed by atoms with Gasteiger partial charge >= 0.3 is 0 Å². The van der Waals surface area contributed by atoms with E-state index < -0.39 is 12.1 Å². The average Bonchev–Trinajstić information content (AvgIpc) is 2.54. The van der Waals surface area contributed by atoms with E-state index in [0.717, 1.165) is 0 Å². The fraction of sp³-hybridized carbons (Fsp3) is 0.562. The molecule has 2 rings (SSSR count). The maximum atomic E-state index is 12.9. The van der Waals surface area contributed by atoms with Crippen LogP contribution in [0.5, 0.6) is 0 Å². The summed E-state index contributed by atoms with van der Waals surface area (Å²) in [6.45, 7) is 1.34. The molecule has 1 aromatic rings. The Bertz CT molecular complexity index is 493. The van der Waals surface area contributed by atoms with Gasteiger partial charge < -0.3 is 20.5 Å². The highest BCUT2D eigenvalue weighted by Gasteiger charge is 2.30. The molecule has 2 atom stereocenters. The van der Waals surface area contributed by atoms with Gasteiger partial charge in [-0.2, -0.15) is 0 Å². The minimum absolute atomic E-state index is 0. The summed E-state index contributed by atoms with van der Waals surface area (Å²) < 4.78 is 17.8. The first-order chi connectivity index (χ1) is 10.5. The summed E-state index contributed by atoms with van der Waals surface area (Å²) in [5.74, 6) is -0.367. The second-order valence-electron chi connectivity index (χ2n) is 5.72. The van der Waals surface area contributed by atoms with E-state index in [0.29, 0.717) is 31.5 Å². The highest BCUT2D eigenvalue weighted by Crippen LogP contribution is 2.30. The predicted octanol–water partition coefficient (Wildman–Crippen LogP) is 1.49. The third kappa shape index (κ3) is 5.14. The van der Waals surface area contributed by atoms with Gasteiger partial charge in [-0.3, -0.25) is 4.79 Å². The lowest BCUT2D eigenvalue weighted by Gasteiger charge is -2.35. The molecule has 1 saturated heterocycles. The number of aliphatic hydroxyl groups is 1. The van der Waals surface area contributed by atoms with Crippen molar-refractivity contribution in [2.24, 2.45) is 11.7 Å². The largest absolute Gasteiger partial charge is 0.388 e. The Morgan fingerprint density at radius 1 is 1.39 bits per heavy atom. The Labute approximate surface area is 142 Å². The van der Waals surface area contributed by atoms with Crippen LogP contribution in [-0.4, -0.2) is 48.8 Å². The molecule has 1 aliphatic rings. The zero-order valence-corrected chi connectivity index (χ0v) is 14.0. The van der Waals surface area contributed by atoms with Gasteiger partial charge in [0.1, 0.15) is 11.9 Å². The number of hydrogen-bond acceptors (Lipinski definition) is 4. The Kier molecular flexibility index (Phi) is 7.91. The molecule has 23 heavy (non-hydrogen) atoms. The molecule has 0 aromatic heterocycles. The summed E-state index contributed by atoms with van der Waals surface area (Å²) in [5.41, 5.74) is 6.47. The Morgan fingerprint density at radius 3 is 2.48 bits per heavy atom. The van der Waals surface area contributed by atoms with E-state index in [4.69, 9.17) is 10.5 Å². The molecule has 1 aliphatic heterocycles. The van der Waals surface area contributed by atoms with Crippen molar-refractivity contribution in [3.8, 4) is 0 Å². The third-order valence-corrected chi connectivity index (χ3v) is 4.17. The number of carbonyl (C=O) groups is 1. The summed E-state index contributed by atoms with van der Waals surface area (Å²) in [6.07, 6.45) is 0.763. The fourth-order valence-corrected chi connectivity index (χ4v) is 2.85. The standard InChI is InChI=1S/C16H23FN2O3.ClH/c1-22-10-14(18)16(21)19-8-6-12(7-9-19)15(20)11-2-4-13(17)5-3-11;/h2-5,12,14-15,20H,6-10,18H2,1H3;1H. The van der Waals surface area contributed by atoms with Crippen molar-refractivity contribution in [2.75, 3.05) is 26.8 Å². The van der Waals surface area contributed by atoms with E-state index in [1.165, 1.54) is 19.2 Å². The van der Waals surface area contributed by atoms with Crippen molar-refractivity contribution < 1.29 is 19.0 Å². The lowest BCUT2D eigenvalue weighted by atomic mass is 9.87. The van der Waals surface area contributed by atoms with Crippen LogP contribution in [-0.2, 0) is 9.53 Å². The molecule has 1 amide bonds. The Morgan fingerprint density at radius 2 is 1.96 bits per heavy atom. The van der Waals surface area contributed by atoms with Gasteiger partial charge in [0.25, 0.3) is 0 Å². The molecule has 0 radical (unpaired) electrons. The molecular weight excluding hydrogens is 323 g/mol. The maximum absolute atomic E-state index is 12.9. The number of rotatable bonds is 5. The quantitative estimate of drug-likeness (QED) is 0.847. The second kappa shape index (κ2) is 9.17. The Hall–Kier alpha value is -1.21. The molecule has 0 saturated carbocycles. The minimum atomic E-state index is -0.636. The summed E-state index contributed by atoms with van der Waals surface area (Å²) in [5, 5.41) is 10.4. The van der Waals surface area contributed by atoms with E-state index >= 15 is 0 Å². The topological polar surface area (TPSA) is 75.8 Å². The number of likely N-dealkylation sites (tertiary alicyclic amines) is 1. The molecule has 0 bridgehead atoms. The number of amides is 1. The van der Waals surface area contributed by atoms with E-state index in [1.54, 1.807) is 17.0 Å². The molecule has 1 heterocycles. The number of ether oxygens (including phenoxy) is 1. The van der Waals surface area contributed by atoms with Gasteiger partial charge in [-0.15, -0.1) is 12.4 Å². The van der Waals surface area contributed by atoms with Crippen molar-refractivity contribution in [3.63, 3.8) is 0 Å². The molecule has 0 aliphatic carbocycles. The van der Waals surface area contributed by atoms with E-state index in [-0.39, 0.29) is 36.7 Å². The monoisotopic (exact) mass is 346 g/mol. The zero-order valence-electron chi connectivity index (χ0n) is 13.2. The number of nitrogens with zero attached hydrogens (tertiary/aromatic N) is 1. The molecule has 7 heteroatoms. The molecule has 1 fully saturated rings. The summed E-state index contributed by atoms with van der Waals surface area (Å²) >= 11 is 0. The summed E-state index contributed by atoms with van der Waals surface area (Å²) in [4.78, 5) is 13.8. The molecule has 0 spiro atoms. The number of aliphatic hydroxyl groups excluding tert-OH is 1. The van der Waals surface area contributed by atoms with Gasteiger partial charge in [-0.05, 0) is 36.5 Å². The van der Waals surface area contributed by atoms with Gasteiger partial charge in [0, 0.05) is 20.2 Å². The first-order valence-electron chi connectivity index (χ1n) is 7.49. The number of carbonyl (C=O) groups excluding carboxylic acids is 1. The smallest absolute Gasteiger partial charge is 0.241 e. The fourth-order valence-electron chi connectivity index (χ4n) is 2.85. The third-order valence-electron chi connectivity index (χ3n) is 4.17. The number of methoxy groups -OCH3 is 1. The molecule has 1 aromatic carbocycles. The van der Waals surface area contributed by atoms with Crippen LogP contribution in [0.2, 0.25) is 0 Å². The van der Waals surface area contributed by atoms with Gasteiger partial charge in [-0.1, -0.05) is 12.1 Å².